The maximum Gasteiger partial charge on any atom is 0.261 e. The van der Waals surface area contributed by atoms with Crippen molar-refractivity contribution < 1.29 is 13.2 Å². The van der Waals surface area contributed by atoms with Gasteiger partial charge in [0.1, 0.15) is 12.4 Å². The van der Waals surface area contributed by atoms with Gasteiger partial charge in [-0.15, -0.1) is 0 Å². The number of nitrogens with one attached hydrogen (secondary N) is 2. The average molecular weight is 479 g/mol. The van der Waals surface area contributed by atoms with E-state index in [1.54, 1.807) is 18.2 Å². The van der Waals surface area contributed by atoms with Crippen LogP contribution in [-0.2, 0) is 22.9 Å². The van der Waals surface area contributed by atoms with Gasteiger partial charge in [-0.2, -0.15) is 0 Å². The van der Waals surface area contributed by atoms with Crippen LogP contribution in [0, 0.1) is 0 Å². The van der Waals surface area contributed by atoms with Gasteiger partial charge in [0, 0.05) is 12.1 Å². The highest BCUT2D eigenvalue weighted by molar-refractivity contribution is 7.92. The highest BCUT2D eigenvalue weighted by Gasteiger charge is 2.21. The van der Waals surface area contributed by atoms with Gasteiger partial charge >= 0.3 is 0 Å². The van der Waals surface area contributed by atoms with E-state index in [0.717, 1.165) is 49.1 Å². The van der Waals surface area contributed by atoms with Gasteiger partial charge in [0.25, 0.3) is 10.0 Å². The summed E-state index contributed by atoms with van der Waals surface area (Å²) in [5.74, 6) is 1.10. The van der Waals surface area contributed by atoms with Crippen LogP contribution in [0.4, 0.5) is 5.69 Å². The van der Waals surface area contributed by atoms with E-state index in [4.69, 9.17) is 4.74 Å². The summed E-state index contributed by atoms with van der Waals surface area (Å²) in [4.78, 5) is 0.257. The van der Waals surface area contributed by atoms with Gasteiger partial charge in [-0.1, -0.05) is 62.4 Å². The Hall–Kier alpha value is -2.83. The molecule has 0 radical (unpaired) electrons. The lowest BCUT2D eigenvalue weighted by molar-refractivity contribution is 0.238. The fourth-order valence-corrected chi connectivity index (χ4v) is 5.27. The summed E-state index contributed by atoms with van der Waals surface area (Å²) in [6, 6.07) is 23.4. The molecule has 1 atom stereocenters. The monoisotopic (exact) mass is 478 g/mol. The molecule has 0 bridgehead atoms. The molecule has 5 nitrogen and oxygen atoms in total. The van der Waals surface area contributed by atoms with E-state index >= 15 is 0 Å². The maximum absolute atomic E-state index is 12.8. The summed E-state index contributed by atoms with van der Waals surface area (Å²) in [6.45, 7) is 5.71. The van der Waals surface area contributed by atoms with E-state index < -0.39 is 10.0 Å². The van der Waals surface area contributed by atoms with E-state index in [1.807, 2.05) is 24.3 Å². The Morgan fingerprint density at radius 2 is 1.74 bits per heavy atom. The van der Waals surface area contributed by atoms with Crippen molar-refractivity contribution >= 4 is 15.7 Å². The van der Waals surface area contributed by atoms with Crippen LogP contribution in [0.25, 0.3) is 0 Å². The molecule has 1 aliphatic rings. The molecule has 0 amide bonds. The van der Waals surface area contributed by atoms with Crippen LogP contribution in [0.15, 0.2) is 77.7 Å². The molecule has 0 aromatic heterocycles. The second-order valence-electron chi connectivity index (χ2n) is 9.26. The highest BCUT2D eigenvalue weighted by Crippen LogP contribution is 2.29. The zero-order valence-electron chi connectivity index (χ0n) is 20.0. The Morgan fingerprint density at radius 3 is 2.47 bits per heavy atom. The number of benzene rings is 3. The normalized spacial score (nSPS) is 15.6. The Bertz CT molecular complexity index is 1180. The van der Waals surface area contributed by atoms with Crippen molar-refractivity contribution in [2.75, 3.05) is 17.9 Å². The largest absolute Gasteiger partial charge is 0.492 e. The minimum absolute atomic E-state index is 0.257. The van der Waals surface area contributed by atoms with E-state index in [1.165, 1.54) is 5.56 Å². The fourth-order valence-electron chi connectivity index (χ4n) is 4.22. The number of rotatable bonds is 10. The Morgan fingerprint density at radius 1 is 0.971 bits per heavy atom. The summed E-state index contributed by atoms with van der Waals surface area (Å²) >= 11 is 0. The third kappa shape index (κ3) is 6.39. The molecule has 2 N–H and O–H groups in total. The second-order valence-corrected chi connectivity index (χ2v) is 10.9. The molecule has 0 fully saturated rings. The first-order chi connectivity index (χ1) is 16.4. The van der Waals surface area contributed by atoms with Crippen LogP contribution >= 0.6 is 0 Å². The van der Waals surface area contributed by atoms with Gasteiger partial charge in [0.15, 0.2) is 0 Å². The van der Waals surface area contributed by atoms with Crippen molar-refractivity contribution in [1.29, 1.82) is 0 Å². The Balaban J connectivity index is 1.28. The van der Waals surface area contributed by atoms with Gasteiger partial charge in [0.05, 0.1) is 10.6 Å². The molecule has 1 unspecified atom stereocenters. The van der Waals surface area contributed by atoms with Gasteiger partial charge in [-0.3, -0.25) is 4.72 Å². The quantitative estimate of drug-likeness (QED) is 0.376. The second kappa shape index (κ2) is 11.1. The molecule has 34 heavy (non-hydrogen) atoms. The topological polar surface area (TPSA) is 67.4 Å². The van der Waals surface area contributed by atoms with Crippen LogP contribution in [-0.4, -0.2) is 27.6 Å². The molecule has 1 aliphatic heterocycles. The Kier molecular flexibility index (Phi) is 7.91. The van der Waals surface area contributed by atoms with Crippen LogP contribution < -0.4 is 14.8 Å². The SMILES string of the molecule is CC(C)c1ccc(S(=O)(=O)Nc2ccc3c(c2)OCC(NCCCCc2ccccc2)C3)cc1. The van der Waals surface area contributed by atoms with Crippen LogP contribution in [0.1, 0.15) is 49.3 Å². The lowest BCUT2D eigenvalue weighted by atomic mass is 10.0. The van der Waals surface area contributed by atoms with Gasteiger partial charge in [-0.25, -0.2) is 8.42 Å². The number of ether oxygens (including phenoxy) is 1. The molecule has 0 aliphatic carbocycles. The molecule has 4 rings (SSSR count). The summed E-state index contributed by atoms with van der Waals surface area (Å²) in [5.41, 5.74) is 4.10. The first-order valence-electron chi connectivity index (χ1n) is 12.1. The Labute approximate surface area is 203 Å². The summed E-state index contributed by atoms with van der Waals surface area (Å²) < 4.78 is 34.3. The molecule has 3 aromatic rings. The van der Waals surface area contributed by atoms with E-state index in [9.17, 15) is 8.42 Å². The minimum atomic E-state index is -3.65. The first kappa shape index (κ1) is 24.3. The summed E-state index contributed by atoms with van der Waals surface area (Å²) in [7, 11) is -3.65. The predicted molar refractivity (Wildman–Crippen MR) is 138 cm³/mol. The molecule has 3 aromatic carbocycles. The van der Waals surface area contributed by atoms with E-state index in [2.05, 4.69) is 54.2 Å². The summed E-state index contributed by atoms with van der Waals surface area (Å²) in [5, 5.41) is 3.60. The van der Waals surface area contributed by atoms with Gasteiger partial charge in [0.2, 0.25) is 0 Å². The predicted octanol–water partition coefficient (Wildman–Crippen LogP) is 5.53. The third-order valence-corrected chi connectivity index (χ3v) is 7.65. The number of aryl methyl sites for hydroxylation is 1. The zero-order chi connectivity index (χ0) is 24.0. The van der Waals surface area contributed by atoms with Crippen molar-refractivity contribution in [2.24, 2.45) is 0 Å². The molecule has 1 heterocycles. The maximum atomic E-state index is 12.8. The fraction of sp³-hybridized carbons (Fsp3) is 0.357. The molecule has 0 spiro atoms. The van der Waals surface area contributed by atoms with Crippen molar-refractivity contribution in [3.8, 4) is 5.75 Å². The smallest absolute Gasteiger partial charge is 0.261 e. The zero-order valence-corrected chi connectivity index (χ0v) is 20.8. The van der Waals surface area contributed by atoms with Gasteiger partial charge < -0.3 is 10.1 Å². The summed E-state index contributed by atoms with van der Waals surface area (Å²) in [6.07, 6.45) is 4.26. The lowest BCUT2D eigenvalue weighted by Crippen LogP contribution is -2.39. The molecule has 180 valence electrons. The molecule has 0 saturated heterocycles. The van der Waals surface area contributed by atoms with E-state index in [0.29, 0.717) is 18.2 Å². The molecular weight excluding hydrogens is 444 g/mol. The third-order valence-electron chi connectivity index (χ3n) is 6.25. The van der Waals surface area contributed by atoms with E-state index in [-0.39, 0.29) is 10.9 Å². The first-order valence-corrected chi connectivity index (χ1v) is 13.5. The van der Waals surface area contributed by atoms with Crippen LogP contribution in [0.3, 0.4) is 0 Å². The van der Waals surface area contributed by atoms with Crippen molar-refractivity contribution in [1.82, 2.24) is 5.32 Å². The highest BCUT2D eigenvalue weighted by atomic mass is 32.2. The number of hydrogen-bond acceptors (Lipinski definition) is 4. The number of fused-ring (bicyclic) bond motifs is 1. The lowest BCUT2D eigenvalue weighted by Gasteiger charge is -2.26. The number of hydrogen-bond donors (Lipinski definition) is 2. The molecule has 6 heteroatoms. The van der Waals surface area contributed by atoms with Crippen molar-refractivity contribution in [3.63, 3.8) is 0 Å². The molecule has 0 saturated carbocycles. The van der Waals surface area contributed by atoms with Crippen LogP contribution in [0.5, 0.6) is 5.75 Å². The van der Waals surface area contributed by atoms with Crippen LogP contribution in [0.2, 0.25) is 0 Å². The minimum Gasteiger partial charge on any atom is -0.492 e. The average Bonchev–Trinajstić information content (AvgIpc) is 2.84. The standard InChI is InChI=1S/C28H34N2O3S/c1-21(2)23-12-15-27(16-13-23)34(31,32)30-25-14-11-24-18-26(20-33-28(24)19-25)29-17-7-6-10-22-8-4-3-5-9-22/h3-5,8-9,11-16,19,21,26,29-30H,6-7,10,17-18,20H2,1-2H3. The number of anilines is 1. The molecular formula is C28H34N2O3S. The van der Waals surface area contributed by atoms with Gasteiger partial charge in [-0.05, 0) is 73.0 Å². The number of sulfonamides is 1. The van der Waals surface area contributed by atoms with Crippen molar-refractivity contribution in [2.45, 2.75) is 56.4 Å². The van der Waals surface area contributed by atoms with Crippen molar-refractivity contribution in [3.05, 3.63) is 89.5 Å². The number of unbranched alkanes of at least 4 members (excludes halogenated alkanes) is 1.